The second-order valence-electron chi connectivity index (χ2n) is 9.24. The number of fused-ring (bicyclic) bond motifs is 2. The maximum absolute atomic E-state index is 2.65. The molecule has 0 atom stereocenters. The first-order valence-corrected chi connectivity index (χ1v) is 12.9. The van der Waals surface area contributed by atoms with Gasteiger partial charge in [0.2, 0.25) is 0 Å². The van der Waals surface area contributed by atoms with Crippen molar-refractivity contribution >= 4 is 18.5 Å². The van der Waals surface area contributed by atoms with Crippen molar-refractivity contribution in [3.05, 3.63) is 80.9 Å². The van der Waals surface area contributed by atoms with Crippen LogP contribution in [0.5, 0.6) is 0 Å². The van der Waals surface area contributed by atoms with E-state index in [1.54, 1.807) is 43.8 Å². The number of allylic oxidation sites excluding steroid dienone is 2. The molecule has 0 bridgehead atoms. The SMILES string of the molecule is CC1=C([Si](C)(C2=C(C)Cc3cccc(C)c32)C(C)C)c2c(C)cccc2C1. The molecule has 0 spiro atoms. The molecule has 2 aromatic carbocycles. The predicted octanol–water partition coefficient (Wildman–Crippen LogP) is 7.23. The van der Waals surface area contributed by atoms with Crippen molar-refractivity contribution in [3.63, 3.8) is 0 Å². The zero-order valence-corrected chi connectivity index (χ0v) is 19.0. The zero-order valence-electron chi connectivity index (χ0n) is 18.0. The maximum Gasteiger partial charge on any atom is 0.119 e. The third-order valence-electron chi connectivity index (χ3n) is 7.18. The van der Waals surface area contributed by atoms with E-state index in [2.05, 4.69) is 84.5 Å². The van der Waals surface area contributed by atoms with Crippen molar-refractivity contribution < 1.29 is 0 Å². The topological polar surface area (TPSA) is 0 Å². The van der Waals surface area contributed by atoms with Gasteiger partial charge in [-0.3, -0.25) is 0 Å². The Kier molecular flexibility index (Phi) is 4.34. The van der Waals surface area contributed by atoms with Crippen molar-refractivity contribution in [3.8, 4) is 0 Å². The number of hydrogen-bond acceptors (Lipinski definition) is 0. The van der Waals surface area contributed by atoms with Crippen LogP contribution in [-0.4, -0.2) is 8.07 Å². The lowest BCUT2D eigenvalue weighted by atomic mass is 10.0. The van der Waals surface area contributed by atoms with Crippen molar-refractivity contribution in [1.82, 2.24) is 0 Å². The lowest BCUT2D eigenvalue weighted by Crippen LogP contribution is -2.39. The highest BCUT2D eigenvalue weighted by Crippen LogP contribution is 2.53. The van der Waals surface area contributed by atoms with Crippen LogP contribution in [0, 0.1) is 13.8 Å². The average molecular weight is 373 g/mol. The molecule has 2 aliphatic carbocycles. The van der Waals surface area contributed by atoms with Crippen molar-refractivity contribution in [2.45, 2.75) is 66.5 Å². The third-order valence-corrected chi connectivity index (χ3v) is 12.9. The fourth-order valence-electron chi connectivity index (χ4n) is 5.75. The molecule has 0 N–H and O–H groups in total. The van der Waals surface area contributed by atoms with E-state index >= 15 is 0 Å². The standard InChI is InChI=1S/C26H32Si/c1-16(2)27(7,25-19(5)14-21-12-8-10-17(3)23(21)25)26-20(6)15-22-13-9-11-18(4)24(22)26/h8-13,16H,14-15H2,1-7H3. The highest BCUT2D eigenvalue weighted by molar-refractivity contribution is 7.10. The molecule has 0 nitrogen and oxygen atoms in total. The van der Waals surface area contributed by atoms with Crippen LogP contribution in [0.25, 0.3) is 10.4 Å². The summed E-state index contributed by atoms with van der Waals surface area (Å²) in [6.07, 6.45) is 2.27. The Morgan fingerprint density at radius 1 is 0.704 bits per heavy atom. The highest BCUT2D eigenvalue weighted by Gasteiger charge is 2.46. The second-order valence-corrected chi connectivity index (χ2v) is 13.8. The van der Waals surface area contributed by atoms with Gasteiger partial charge in [0.05, 0.1) is 0 Å². The van der Waals surface area contributed by atoms with Gasteiger partial charge < -0.3 is 0 Å². The Morgan fingerprint density at radius 3 is 1.48 bits per heavy atom. The molecule has 27 heavy (non-hydrogen) atoms. The van der Waals surface area contributed by atoms with Gasteiger partial charge in [0.25, 0.3) is 0 Å². The van der Waals surface area contributed by atoms with Gasteiger partial charge in [0, 0.05) is 0 Å². The molecule has 2 aliphatic rings. The van der Waals surface area contributed by atoms with E-state index in [4.69, 9.17) is 0 Å². The van der Waals surface area contributed by atoms with Gasteiger partial charge in [-0.15, -0.1) is 0 Å². The van der Waals surface area contributed by atoms with Gasteiger partial charge in [-0.25, -0.2) is 0 Å². The molecule has 0 aliphatic heterocycles. The first-order chi connectivity index (χ1) is 12.8. The van der Waals surface area contributed by atoms with Crippen LogP contribution in [-0.2, 0) is 12.8 Å². The van der Waals surface area contributed by atoms with Gasteiger partial charge in [-0.1, -0.05) is 67.9 Å². The van der Waals surface area contributed by atoms with Crippen LogP contribution in [0.15, 0.2) is 47.5 Å². The Balaban J connectivity index is 2.02. The first kappa shape index (κ1) is 18.5. The van der Waals surface area contributed by atoms with E-state index in [-0.39, 0.29) is 0 Å². The molecule has 140 valence electrons. The number of rotatable bonds is 3. The molecule has 0 radical (unpaired) electrons. The summed E-state index contributed by atoms with van der Waals surface area (Å²) in [5, 5.41) is 3.46. The van der Waals surface area contributed by atoms with E-state index in [0.29, 0.717) is 5.54 Å². The summed E-state index contributed by atoms with van der Waals surface area (Å²) in [5.41, 5.74) is 13.1. The molecule has 0 saturated heterocycles. The lowest BCUT2D eigenvalue weighted by Gasteiger charge is -2.38. The van der Waals surface area contributed by atoms with Crippen molar-refractivity contribution in [1.29, 1.82) is 0 Å². The molecule has 0 saturated carbocycles. The van der Waals surface area contributed by atoms with Crippen molar-refractivity contribution in [2.24, 2.45) is 0 Å². The largest absolute Gasteiger partial charge is 0.119 e. The molecule has 1 heteroatoms. The van der Waals surface area contributed by atoms with E-state index in [1.807, 2.05) is 0 Å². The van der Waals surface area contributed by atoms with Crippen molar-refractivity contribution in [2.75, 3.05) is 0 Å². The quantitative estimate of drug-likeness (QED) is 0.498. The highest BCUT2D eigenvalue weighted by atomic mass is 28.3. The monoisotopic (exact) mass is 372 g/mol. The minimum Gasteiger partial charge on any atom is -0.0686 e. The normalized spacial score (nSPS) is 16.4. The van der Waals surface area contributed by atoms with E-state index in [1.165, 1.54) is 11.1 Å². The molecule has 0 amide bonds. The molecule has 0 aromatic heterocycles. The summed E-state index contributed by atoms with van der Waals surface area (Å²) in [5.74, 6) is 0. The van der Waals surface area contributed by atoms with E-state index < -0.39 is 8.07 Å². The predicted molar refractivity (Wildman–Crippen MR) is 122 cm³/mol. The molecule has 4 rings (SSSR count). The minimum absolute atomic E-state index is 0.670. The second kappa shape index (κ2) is 6.34. The summed E-state index contributed by atoms with van der Waals surface area (Å²) in [7, 11) is -1.89. The number of benzene rings is 2. The molecule has 0 fully saturated rings. The van der Waals surface area contributed by atoms with Crippen LogP contribution in [0.4, 0.5) is 0 Å². The number of aryl methyl sites for hydroxylation is 2. The Morgan fingerprint density at radius 2 is 1.11 bits per heavy atom. The van der Waals surface area contributed by atoms with E-state index in [9.17, 15) is 0 Å². The molecule has 0 unspecified atom stereocenters. The van der Waals surface area contributed by atoms with Crippen LogP contribution >= 0.6 is 0 Å². The Bertz CT molecular complexity index is 925. The van der Waals surface area contributed by atoms with Gasteiger partial charge in [-0.2, -0.15) is 0 Å². The fourth-order valence-corrected chi connectivity index (χ4v) is 10.9. The molecular weight excluding hydrogens is 340 g/mol. The van der Waals surface area contributed by atoms with Gasteiger partial charge in [0.15, 0.2) is 0 Å². The Hall–Kier alpha value is -1.86. The van der Waals surface area contributed by atoms with E-state index in [0.717, 1.165) is 12.8 Å². The van der Waals surface area contributed by atoms with Gasteiger partial charge in [-0.05, 0) is 89.9 Å². The minimum atomic E-state index is -1.89. The summed E-state index contributed by atoms with van der Waals surface area (Å²) in [6.45, 7) is 17.0. The maximum atomic E-state index is 2.65. The summed E-state index contributed by atoms with van der Waals surface area (Å²) < 4.78 is 0. The van der Waals surface area contributed by atoms with Crippen LogP contribution in [0.3, 0.4) is 0 Å². The lowest BCUT2D eigenvalue weighted by molar-refractivity contribution is 1.03. The number of hydrogen-bond donors (Lipinski definition) is 0. The van der Waals surface area contributed by atoms with Crippen LogP contribution in [0.2, 0.25) is 12.1 Å². The average Bonchev–Trinajstić information content (AvgIpc) is 3.12. The van der Waals surface area contributed by atoms with Gasteiger partial charge in [0.1, 0.15) is 8.07 Å². The third kappa shape index (κ3) is 2.55. The van der Waals surface area contributed by atoms with Gasteiger partial charge >= 0.3 is 0 Å². The summed E-state index contributed by atoms with van der Waals surface area (Å²) >= 11 is 0. The molecule has 2 aromatic rings. The first-order valence-electron chi connectivity index (χ1n) is 10.3. The van der Waals surface area contributed by atoms with Crippen LogP contribution < -0.4 is 0 Å². The molecule has 0 heterocycles. The smallest absolute Gasteiger partial charge is 0.0686 e. The zero-order chi connectivity index (χ0) is 19.5. The Labute approximate surface area is 166 Å². The van der Waals surface area contributed by atoms with Crippen LogP contribution in [0.1, 0.15) is 61.1 Å². The molecular formula is C26H32Si. The fraction of sp³-hybridized carbons (Fsp3) is 0.385. The summed E-state index contributed by atoms with van der Waals surface area (Å²) in [6, 6.07) is 13.8. The summed E-state index contributed by atoms with van der Waals surface area (Å²) in [4.78, 5) is 0.